The molecule has 104 valence electrons. The summed E-state index contributed by atoms with van der Waals surface area (Å²) in [6.45, 7) is 1.70. The predicted molar refractivity (Wildman–Crippen MR) is 80.3 cm³/mol. The molecule has 0 atom stereocenters. The van der Waals surface area contributed by atoms with E-state index in [0.29, 0.717) is 11.1 Å². The van der Waals surface area contributed by atoms with Crippen molar-refractivity contribution in [2.75, 3.05) is 0 Å². The van der Waals surface area contributed by atoms with Gasteiger partial charge in [0.05, 0.1) is 10.0 Å². The second-order valence-electron chi connectivity index (χ2n) is 4.24. The Hall–Kier alpha value is -1.83. The van der Waals surface area contributed by atoms with E-state index in [0.717, 1.165) is 0 Å². The summed E-state index contributed by atoms with van der Waals surface area (Å²) in [5, 5.41) is 10.6. The molecular formula is C14H12Cl2N2O2. The lowest BCUT2D eigenvalue weighted by molar-refractivity contribution is 0.398. The van der Waals surface area contributed by atoms with Crippen molar-refractivity contribution in [1.82, 2.24) is 9.36 Å². The van der Waals surface area contributed by atoms with Crippen LogP contribution in [0.5, 0.6) is 5.88 Å². The van der Waals surface area contributed by atoms with Crippen LogP contribution in [0.4, 0.5) is 0 Å². The fourth-order valence-corrected chi connectivity index (χ4v) is 2.62. The van der Waals surface area contributed by atoms with Gasteiger partial charge < -0.3 is 5.11 Å². The highest BCUT2D eigenvalue weighted by Gasteiger charge is 2.22. The fraction of sp³-hybridized carbons (Fsp3) is 0.214. The molecule has 1 N–H and O–H groups in total. The molecule has 0 amide bonds. The first-order valence-electron chi connectivity index (χ1n) is 5.75. The van der Waals surface area contributed by atoms with Crippen LogP contribution in [0.15, 0.2) is 16.9 Å². The molecule has 2 aromatic rings. The number of hydrogen-bond donors (Lipinski definition) is 1. The largest absolute Gasteiger partial charge is 0.493 e. The standard InChI is InChI=1S/C14H12Cl2N2O2/c1-4-5-8-6-9(15)11(10(16)7-8)12-13(19)17(2)18(3)14(12)20/h6-7,19H,1-3H3. The van der Waals surface area contributed by atoms with Gasteiger partial charge in [-0.05, 0) is 19.1 Å². The van der Waals surface area contributed by atoms with Gasteiger partial charge in [0, 0.05) is 25.2 Å². The Labute approximate surface area is 126 Å². The number of halogens is 2. The van der Waals surface area contributed by atoms with Crippen molar-refractivity contribution in [1.29, 1.82) is 0 Å². The molecule has 1 aromatic carbocycles. The van der Waals surface area contributed by atoms with Crippen LogP contribution in [0.3, 0.4) is 0 Å². The predicted octanol–water partition coefficient (Wildman–Crippen LogP) is 2.77. The van der Waals surface area contributed by atoms with Crippen molar-refractivity contribution in [2.24, 2.45) is 14.1 Å². The average Bonchev–Trinajstić information content (AvgIpc) is 2.56. The summed E-state index contributed by atoms with van der Waals surface area (Å²) in [6.07, 6.45) is 0. The number of aromatic nitrogens is 2. The van der Waals surface area contributed by atoms with Gasteiger partial charge >= 0.3 is 0 Å². The third kappa shape index (κ3) is 2.20. The van der Waals surface area contributed by atoms with E-state index in [1.165, 1.54) is 9.36 Å². The zero-order valence-electron chi connectivity index (χ0n) is 11.2. The van der Waals surface area contributed by atoms with Crippen molar-refractivity contribution in [3.8, 4) is 28.8 Å². The Bertz CT molecular complexity index is 784. The maximum Gasteiger partial charge on any atom is 0.278 e. The number of rotatable bonds is 1. The number of hydrogen-bond acceptors (Lipinski definition) is 2. The highest BCUT2D eigenvalue weighted by atomic mass is 35.5. The minimum absolute atomic E-state index is 0.0843. The lowest BCUT2D eigenvalue weighted by Crippen LogP contribution is -2.17. The van der Waals surface area contributed by atoms with E-state index in [9.17, 15) is 9.90 Å². The minimum atomic E-state index is -0.372. The number of aromatic hydroxyl groups is 1. The molecule has 0 fully saturated rings. The topological polar surface area (TPSA) is 47.2 Å². The molecule has 2 rings (SSSR count). The summed E-state index contributed by atoms with van der Waals surface area (Å²) < 4.78 is 2.60. The fourth-order valence-electron chi connectivity index (χ4n) is 1.94. The van der Waals surface area contributed by atoms with E-state index in [2.05, 4.69) is 11.8 Å². The number of nitrogens with zero attached hydrogens (tertiary/aromatic N) is 2. The van der Waals surface area contributed by atoms with Crippen LogP contribution in [-0.4, -0.2) is 14.5 Å². The van der Waals surface area contributed by atoms with Crippen LogP contribution < -0.4 is 5.56 Å². The quantitative estimate of drug-likeness (QED) is 0.823. The molecule has 6 heteroatoms. The Kier molecular flexibility index (Phi) is 3.85. The van der Waals surface area contributed by atoms with Crippen LogP contribution in [0.1, 0.15) is 12.5 Å². The highest BCUT2D eigenvalue weighted by Crippen LogP contribution is 2.38. The van der Waals surface area contributed by atoms with Crippen LogP contribution in [-0.2, 0) is 14.1 Å². The first-order chi connectivity index (χ1) is 9.38. The second kappa shape index (κ2) is 5.28. The molecule has 0 aliphatic heterocycles. The van der Waals surface area contributed by atoms with E-state index in [1.807, 2.05) is 0 Å². The monoisotopic (exact) mass is 310 g/mol. The van der Waals surface area contributed by atoms with Gasteiger partial charge in [-0.2, -0.15) is 0 Å². The molecule has 0 spiro atoms. The van der Waals surface area contributed by atoms with E-state index < -0.39 is 0 Å². The highest BCUT2D eigenvalue weighted by molar-refractivity contribution is 6.39. The van der Waals surface area contributed by atoms with Crippen LogP contribution in [0.2, 0.25) is 10.0 Å². The minimum Gasteiger partial charge on any atom is -0.493 e. The zero-order chi connectivity index (χ0) is 15.0. The molecule has 0 radical (unpaired) electrons. The van der Waals surface area contributed by atoms with Gasteiger partial charge in [-0.1, -0.05) is 29.1 Å². The van der Waals surface area contributed by atoms with Gasteiger partial charge in [-0.3, -0.25) is 14.2 Å². The summed E-state index contributed by atoms with van der Waals surface area (Å²) in [5.74, 6) is 5.41. The van der Waals surface area contributed by atoms with Gasteiger partial charge in [0.1, 0.15) is 5.56 Å². The Balaban J connectivity index is 2.80. The third-order valence-corrected chi connectivity index (χ3v) is 3.65. The first kappa shape index (κ1) is 14.6. The number of benzene rings is 1. The van der Waals surface area contributed by atoms with Gasteiger partial charge in [-0.25, -0.2) is 0 Å². The maximum absolute atomic E-state index is 12.2. The first-order valence-corrected chi connectivity index (χ1v) is 6.51. The SMILES string of the molecule is CC#Cc1cc(Cl)c(-c2c(O)n(C)n(C)c2=O)c(Cl)c1. The second-order valence-corrected chi connectivity index (χ2v) is 5.06. The molecule has 1 aromatic heterocycles. The maximum atomic E-state index is 12.2. The molecule has 0 bridgehead atoms. The molecule has 20 heavy (non-hydrogen) atoms. The van der Waals surface area contributed by atoms with Gasteiger partial charge in [0.25, 0.3) is 5.56 Å². The van der Waals surface area contributed by atoms with E-state index in [-0.39, 0.29) is 27.0 Å². The van der Waals surface area contributed by atoms with E-state index >= 15 is 0 Å². The lowest BCUT2D eigenvalue weighted by Gasteiger charge is -2.06. The van der Waals surface area contributed by atoms with E-state index in [1.54, 1.807) is 33.2 Å². The zero-order valence-corrected chi connectivity index (χ0v) is 12.7. The third-order valence-electron chi connectivity index (χ3n) is 3.05. The smallest absolute Gasteiger partial charge is 0.278 e. The molecular weight excluding hydrogens is 299 g/mol. The molecule has 1 heterocycles. The summed E-state index contributed by atoms with van der Waals surface area (Å²) in [7, 11) is 3.11. The van der Waals surface area contributed by atoms with Gasteiger partial charge in [-0.15, -0.1) is 5.92 Å². The van der Waals surface area contributed by atoms with Crippen molar-refractivity contribution >= 4 is 23.2 Å². The Morgan fingerprint density at radius 1 is 1.10 bits per heavy atom. The van der Waals surface area contributed by atoms with Crippen LogP contribution >= 0.6 is 23.2 Å². The van der Waals surface area contributed by atoms with Crippen molar-refractivity contribution < 1.29 is 5.11 Å². The van der Waals surface area contributed by atoms with Crippen LogP contribution in [0, 0.1) is 11.8 Å². The van der Waals surface area contributed by atoms with Crippen molar-refractivity contribution in [3.05, 3.63) is 38.1 Å². The molecule has 0 unspecified atom stereocenters. The van der Waals surface area contributed by atoms with Crippen LogP contribution in [0.25, 0.3) is 11.1 Å². The van der Waals surface area contributed by atoms with Crippen molar-refractivity contribution in [3.63, 3.8) is 0 Å². The molecule has 0 saturated carbocycles. The molecule has 4 nitrogen and oxygen atoms in total. The molecule has 0 saturated heterocycles. The average molecular weight is 311 g/mol. The summed E-state index contributed by atoms with van der Waals surface area (Å²) in [6, 6.07) is 3.23. The normalized spacial score (nSPS) is 10.2. The lowest BCUT2D eigenvalue weighted by atomic mass is 10.1. The van der Waals surface area contributed by atoms with Gasteiger partial charge in [0.15, 0.2) is 0 Å². The van der Waals surface area contributed by atoms with E-state index in [4.69, 9.17) is 23.2 Å². The Morgan fingerprint density at radius 2 is 1.65 bits per heavy atom. The van der Waals surface area contributed by atoms with Gasteiger partial charge in [0.2, 0.25) is 5.88 Å². The summed E-state index contributed by atoms with van der Waals surface area (Å²) in [4.78, 5) is 12.2. The summed E-state index contributed by atoms with van der Waals surface area (Å²) in [5.41, 5.74) is 0.677. The van der Waals surface area contributed by atoms with Crippen molar-refractivity contribution in [2.45, 2.75) is 6.92 Å². The Morgan fingerprint density at radius 3 is 2.05 bits per heavy atom. The molecule has 0 aliphatic carbocycles. The molecule has 0 aliphatic rings. The summed E-state index contributed by atoms with van der Waals surface area (Å²) >= 11 is 12.4.